The first-order valence-electron chi connectivity index (χ1n) is 3.40. The van der Waals surface area contributed by atoms with Crippen LogP contribution in [0.3, 0.4) is 0 Å². The Bertz CT molecular complexity index is 30.2. The number of rotatable bonds is 4. The molecule has 0 saturated carbocycles. The number of hydrogen-bond donors (Lipinski definition) is 1. The highest BCUT2D eigenvalue weighted by Gasteiger charge is 1.74. The summed E-state index contributed by atoms with van der Waals surface area (Å²) >= 11 is 0. The summed E-state index contributed by atoms with van der Waals surface area (Å²) in [6.45, 7) is 9.01. The molecule has 58 valence electrons. The zero-order valence-corrected chi connectivity index (χ0v) is 6.73. The van der Waals surface area contributed by atoms with Gasteiger partial charge in [0.2, 0.25) is 0 Å². The zero-order chi connectivity index (χ0) is 7.54. The standard InChI is InChI=1S/C4H11NO2.C2H6/c1-3-6-5-7-4-2;1-2/h5H,3-4H2,1-2H3;1-2H3. The normalized spacial score (nSPS) is 8.00. The molecule has 0 bridgehead atoms. The van der Waals surface area contributed by atoms with Gasteiger partial charge >= 0.3 is 0 Å². The van der Waals surface area contributed by atoms with Crippen molar-refractivity contribution in [1.82, 2.24) is 5.64 Å². The molecule has 0 aromatic carbocycles. The van der Waals surface area contributed by atoms with Crippen molar-refractivity contribution >= 4 is 0 Å². The Morgan fingerprint density at radius 1 is 1.00 bits per heavy atom. The Labute approximate surface area is 57.3 Å². The van der Waals surface area contributed by atoms with Crippen molar-refractivity contribution < 1.29 is 9.68 Å². The number of nitrogens with one attached hydrogen (secondary N) is 1. The van der Waals surface area contributed by atoms with E-state index in [1.54, 1.807) is 0 Å². The Balaban J connectivity index is 0. The van der Waals surface area contributed by atoms with Gasteiger partial charge < -0.3 is 0 Å². The fourth-order valence-electron chi connectivity index (χ4n) is 0.160. The smallest absolute Gasteiger partial charge is 0.0680 e. The third-order valence-corrected chi connectivity index (χ3v) is 0.407. The average molecular weight is 135 g/mol. The van der Waals surface area contributed by atoms with Crippen molar-refractivity contribution in [2.75, 3.05) is 13.2 Å². The van der Waals surface area contributed by atoms with E-state index in [-0.39, 0.29) is 0 Å². The summed E-state index contributed by atoms with van der Waals surface area (Å²) < 4.78 is 0. The highest BCUT2D eigenvalue weighted by Crippen LogP contribution is 1.64. The van der Waals surface area contributed by atoms with Gasteiger partial charge in [-0.25, -0.2) is 0 Å². The maximum atomic E-state index is 4.60. The summed E-state index contributed by atoms with van der Waals surface area (Å²) in [5.74, 6) is 0. The lowest BCUT2D eigenvalue weighted by molar-refractivity contribution is -0.163. The first-order valence-corrected chi connectivity index (χ1v) is 3.40. The van der Waals surface area contributed by atoms with E-state index >= 15 is 0 Å². The molecule has 3 nitrogen and oxygen atoms in total. The molecular weight excluding hydrogens is 118 g/mol. The number of hydrogen-bond acceptors (Lipinski definition) is 3. The van der Waals surface area contributed by atoms with Gasteiger partial charge in [0.15, 0.2) is 0 Å². The van der Waals surface area contributed by atoms with Crippen LogP contribution in [-0.4, -0.2) is 13.2 Å². The van der Waals surface area contributed by atoms with Gasteiger partial charge in [0.25, 0.3) is 0 Å². The molecule has 0 unspecified atom stereocenters. The van der Waals surface area contributed by atoms with Crippen molar-refractivity contribution in [3.05, 3.63) is 0 Å². The van der Waals surface area contributed by atoms with Gasteiger partial charge in [-0.15, -0.1) is 0 Å². The minimum Gasteiger partial charge on any atom is -0.277 e. The van der Waals surface area contributed by atoms with Crippen molar-refractivity contribution in [3.63, 3.8) is 0 Å². The molecule has 0 fully saturated rings. The minimum atomic E-state index is 0.625. The largest absolute Gasteiger partial charge is 0.277 e. The van der Waals surface area contributed by atoms with Crippen molar-refractivity contribution in [2.24, 2.45) is 0 Å². The lowest BCUT2D eigenvalue weighted by Crippen LogP contribution is -2.14. The van der Waals surface area contributed by atoms with E-state index in [1.807, 2.05) is 27.7 Å². The Kier molecular flexibility index (Phi) is 20.3. The first kappa shape index (κ1) is 11.6. The maximum absolute atomic E-state index is 4.60. The molecule has 9 heavy (non-hydrogen) atoms. The summed E-state index contributed by atoms with van der Waals surface area (Å²) in [5.41, 5.74) is 2.28. The van der Waals surface area contributed by atoms with Crippen LogP contribution in [0.25, 0.3) is 0 Å². The van der Waals surface area contributed by atoms with Gasteiger partial charge in [-0.3, -0.25) is 9.68 Å². The summed E-state index contributed by atoms with van der Waals surface area (Å²) in [6, 6.07) is 0. The maximum Gasteiger partial charge on any atom is 0.0680 e. The molecular formula is C6H17NO2. The minimum absolute atomic E-state index is 0.625. The lowest BCUT2D eigenvalue weighted by Gasteiger charge is -1.98. The highest BCUT2D eigenvalue weighted by molar-refractivity contribution is 3.99. The molecule has 0 amide bonds. The van der Waals surface area contributed by atoms with Crippen molar-refractivity contribution in [1.29, 1.82) is 0 Å². The molecule has 0 spiro atoms. The summed E-state index contributed by atoms with van der Waals surface area (Å²) in [7, 11) is 0. The molecule has 0 saturated heterocycles. The predicted octanol–water partition coefficient (Wildman–Crippen LogP) is 1.51. The van der Waals surface area contributed by atoms with Crippen LogP contribution >= 0.6 is 0 Å². The summed E-state index contributed by atoms with van der Waals surface area (Å²) in [5, 5.41) is 0. The fourth-order valence-corrected chi connectivity index (χ4v) is 0.160. The predicted molar refractivity (Wildman–Crippen MR) is 37.7 cm³/mol. The van der Waals surface area contributed by atoms with E-state index in [1.165, 1.54) is 0 Å². The molecule has 0 aliphatic rings. The van der Waals surface area contributed by atoms with Gasteiger partial charge in [0, 0.05) is 0 Å². The van der Waals surface area contributed by atoms with Gasteiger partial charge in [-0.05, 0) is 13.8 Å². The van der Waals surface area contributed by atoms with Crippen LogP contribution in [0.15, 0.2) is 0 Å². The van der Waals surface area contributed by atoms with Crippen LogP contribution in [0.1, 0.15) is 27.7 Å². The fraction of sp³-hybridized carbons (Fsp3) is 1.00. The Morgan fingerprint density at radius 2 is 1.33 bits per heavy atom. The Morgan fingerprint density at radius 3 is 1.56 bits per heavy atom. The molecule has 0 heterocycles. The third-order valence-electron chi connectivity index (χ3n) is 0.407. The Hall–Kier alpha value is -0.120. The topological polar surface area (TPSA) is 30.5 Å². The van der Waals surface area contributed by atoms with E-state index < -0.39 is 0 Å². The molecule has 0 rings (SSSR count). The van der Waals surface area contributed by atoms with Crippen molar-refractivity contribution in [2.45, 2.75) is 27.7 Å². The monoisotopic (exact) mass is 135 g/mol. The van der Waals surface area contributed by atoms with Crippen LogP contribution in [0.5, 0.6) is 0 Å². The van der Waals surface area contributed by atoms with Crippen LogP contribution < -0.4 is 5.64 Å². The second-order valence-corrected chi connectivity index (χ2v) is 0.949. The molecule has 0 atom stereocenters. The second-order valence-electron chi connectivity index (χ2n) is 0.949. The molecule has 0 aromatic heterocycles. The van der Waals surface area contributed by atoms with Crippen LogP contribution in [0, 0.1) is 0 Å². The molecule has 0 radical (unpaired) electrons. The van der Waals surface area contributed by atoms with Crippen LogP contribution in [0.4, 0.5) is 0 Å². The van der Waals surface area contributed by atoms with E-state index in [0.29, 0.717) is 13.2 Å². The van der Waals surface area contributed by atoms with Crippen LogP contribution in [0.2, 0.25) is 0 Å². The van der Waals surface area contributed by atoms with Gasteiger partial charge in [-0.2, -0.15) is 0 Å². The van der Waals surface area contributed by atoms with Gasteiger partial charge in [0.1, 0.15) is 0 Å². The van der Waals surface area contributed by atoms with Gasteiger partial charge in [-0.1, -0.05) is 19.5 Å². The first-order chi connectivity index (χ1) is 4.41. The van der Waals surface area contributed by atoms with Crippen LogP contribution in [-0.2, 0) is 9.68 Å². The molecule has 0 aliphatic carbocycles. The second kappa shape index (κ2) is 15.7. The molecule has 0 aromatic rings. The zero-order valence-electron chi connectivity index (χ0n) is 6.73. The van der Waals surface area contributed by atoms with E-state index in [2.05, 4.69) is 15.3 Å². The van der Waals surface area contributed by atoms with E-state index in [9.17, 15) is 0 Å². The average Bonchev–Trinajstić information content (AvgIpc) is 1.94. The molecule has 1 N–H and O–H groups in total. The van der Waals surface area contributed by atoms with E-state index in [0.717, 1.165) is 0 Å². The highest BCUT2D eigenvalue weighted by atomic mass is 16.9. The van der Waals surface area contributed by atoms with E-state index in [4.69, 9.17) is 0 Å². The van der Waals surface area contributed by atoms with Gasteiger partial charge in [0.05, 0.1) is 13.2 Å². The SMILES string of the molecule is CC.CCONOCC. The summed E-state index contributed by atoms with van der Waals surface area (Å²) in [6.07, 6.45) is 0. The third kappa shape index (κ3) is 18.1. The lowest BCUT2D eigenvalue weighted by atomic mass is 10.9. The quantitative estimate of drug-likeness (QED) is 0.468. The summed E-state index contributed by atoms with van der Waals surface area (Å²) in [4.78, 5) is 9.20. The molecule has 3 heteroatoms. The van der Waals surface area contributed by atoms with Crippen molar-refractivity contribution in [3.8, 4) is 0 Å². The molecule has 0 aliphatic heterocycles.